The van der Waals surface area contributed by atoms with Gasteiger partial charge in [-0.25, -0.2) is 4.39 Å². The van der Waals surface area contributed by atoms with Gasteiger partial charge in [-0.1, -0.05) is 32.0 Å². The maximum Gasteiger partial charge on any atom is 0.191 e. The van der Waals surface area contributed by atoms with Gasteiger partial charge in [0, 0.05) is 25.6 Å². The van der Waals surface area contributed by atoms with Crippen molar-refractivity contribution in [2.24, 2.45) is 4.99 Å². The zero-order valence-electron chi connectivity index (χ0n) is 15.2. The average molecular weight is 334 g/mol. The number of halogens is 1. The fraction of sp³-hybridized carbons (Fsp3) is 0.632. The predicted molar refractivity (Wildman–Crippen MR) is 99.1 cm³/mol. The van der Waals surface area contributed by atoms with Gasteiger partial charge in [0.2, 0.25) is 0 Å². The van der Waals surface area contributed by atoms with Crippen LogP contribution in [0.5, 0.6) is 0 Å². The summed E-state index contributed by atoms with van der Waals surface area (Å²) in [5.41, 5.74) is 0.763. The molecular weight excluding hydrogens is 303 g/mol. The number of aliphatic imine (C=N–C) groups is 1. The zero-order valence-corrected chi connectivity index (χ0v) is 15.2. The lowest BCUT2D eigenvalue weighted by Gasteiger charge is -2.20. The fourth-order valence-corrected chi connectivity index (χ4v) is 3.11. The molecule has 0 spiro atoms. The molecule has 0 heterocycles. The van der Waals surface area contributed by atoms with Gasteiger partial charge in [0.25, 0.3) is 0 Å². The van der Waals surface area contributed by atoms with Gasteiger partial charge in [-0.3, -0.25) is 4.99 Å². The molecule has 0 unspecified atom stereocenters. The Hall–Kier alpha value is -1.62. The van der Waals surface area contributed by atoms with Gasteiger partial charge in [-0.05, 0) is 50.5 Å². The van der Waals surface area contributed by atoms with E-state index in [2.05, 4.69) is 34.4 Å². The van der Waals surface area contributed by atoms with E-state index in [0.29, 0.717) is 0 Å². The molecule has 134 valence electrons. The number of nitrogens with zero attached hydrogens (tertiary/aromatic N) is 2. The highest BCUT2D eigenvalue weighted by Gasteiger charge is 2.45. The van der Waals surface area contributed by atoms with E-state index in [4.69, 9.17) is 0 Å². The molecule has 5 heteroatoms. The van der Waals surface area contributed by atoms with E-state index in [1.165, 1.54) is 0 Å². The summed E-state index contributed by atoms with van der Waals surface area (Å²) in [6.07, 6.45) is 3.14. The van der Waals surface area contributed by atoms with E-state index < -0.39 is 0 Å². The van der Waals surface area contributed by atoms with E-state index in [1.54, 1.807) is 19.2 Å². The van der Waals surface area contributed by atoms with Gasteiger partial charge in [-0.15, -0.1) is 0 Å². The molecule has 1 aliphatic rings. The normalized spacial score (nSPS) is 16.3. The van der Waals surface area contributed by atoms with Gasteiger partial charge in [-0.2, -0.15) is 0 Å². The van der Waals surface area contributed by atoms with Crippen LogP contribution in [0.1, 0.15) is 38.7 Å². The van der Waals surface area contributed by atoms with Crippen molar-refractivity contribution in [1.82, 2.24) is 15.5 Å². The quantitative estimate of drug-likeness (QED) is 0.414. The summed E-state index contributed by atoms with van der Waals surface area (Å²) in [5.74, 6) is 0.705. The Morgan fingerprint density at radius 2 is 1.92 bits per heavy atom. The standard InChI is InChI=1S/C19H31FN4/c1-4-24(5-2)14-8-13-22-18(21-3)23-15-19(11-12-19)16-9-6-7-10-17(16)20/h6-7,9-10H,4-5,8,11-15H2,1-3H3,(H2,21,22,23). The minimum atomic E-state index is -0.0982. The molecule has 0 aromatic heterocycles. The minimum absolute atomic E-state index is 0.0653. The SMILES string of the molecule is CCN(CC)CCCNC(=NC)NCC1(c2ccccc2F)CC1. The van der Waals surface area contributed by atoms with Crippen LogP contribution in [0.25, 0.3) is 0 Å². The van der Waals surface area contributed by atoms with Crippen LogP contribution in [0, 0.1) is 5.82 Å². The third kappa shape index (κ3) is 4.94. The lowest BCUT2D eigenvalue weighted by Crippen LogP contribution is -2.42. The molecule has 0 aliphatic heterocycles. The number of benzene rings is 1. The van der Waals surface area contributed by atoms with E-state index in [9.17, 15) is 4.39 Å². The van der Waals surface area contributed by atoms with Crippen LogP contribution in [0.3, 0.4) is 0 Å². The molecule has 2 N–H and O–H groups in total. The summed E-state index contributed by atoms with van der Waals surface area (Å²) in [6.45, 7) is 9.27. The van der Waals surface area contributed by atoms with E-state index in [1.807, 2.05) is 12.1 Å². The molecule has 1 aromatic rings. The third-order valence-electron chi connectivity index (χ3n) is 4.95. The maximum atomic E-state index is 14.0. The maximum absolute atomic E-state index is 14.0. The van der Waals surface area contributed by atoms with Crippen molar-refractivity contribution in [3.05, 3.63) is 35.6 Å². The van der Waals surface area contributed by atoms with Crippen molar-refractivity contribution in [1.29, 1.82) is 0 Å². The van der Waals surface area contributed by atoms with Crippen LogP contribution in [-0.2, 0) is 5.41 Å². The van der Waals surface area contributed by atoms with Crippen LogP contribution >= 0.6 is 0 Å². The molecule has 2 rings (SSSR count). The van der Waals surface area contributed by atoms with Crippen molar-refractivity contribution >= 4 is 5.96 Å². The van der Waals surface area contributed by atoms with Gasteiger partial charge in [0.05, 0.1) is 0 Å². The van der Waals surface area contributed by atoms with Crippen molar-refractivity contribution in [2.75, 3.05) is 39.8 Å². The Kier molecular flexibility index (Phi) is 7.03. The first-order valence-corrected chi connectivity index (χ1v) is 9.07. The third-order valence-corrected chi connectivity index (χ3v) is 4.95. The van der Waals surface area contributed by atoms with Gasteiger partial charge >= 0.3 is 0 Å². The van der Waals surface area contributed by atoms with E-state index >= 15 is 0 Å². The summed E-state index contributed by atoms with van der Waals surface area (Å²) in [6, 6.07) is 7.12. The summed E-state index contributed by atoms with van der Waals surface area (Å²) >= 11 is 0. The topological polar surface area (TPSA) is 39.7 Å². The average Bonchev–Trinajstić information content (AvgIpc) is 3.39. The lowest BCUT2D eigenvalue weighted by atomic mass is 9.95. The molecule has 0 radical (unpaired) electrons. The van der Waals surface area contributed by atoms with Crippen molar-refractivity contribution < 1.29 is 4.39 Å². The Labute approximate surface area is 145 Å². The first-order valence-electron chi connectivity index (χ1n) is 9.07. The predicted octanol–water partition coefficient (Wildman–Crippen LogP) is 2.75. The smallest absolute Gasteiger partial charge is 0.191 e. The Morgan fingerprint density at radius 3 is 2.50 bits per heavy atom. The molecular formula is C19H31FN4. The highest BCUT2D eigenvalue weighted by Crippen LogP contribution is 2.48. The summed E-state index contributed by atoms with van der Waals surface area (Å²) in [4.78, 5) is 6.69. The second-order valence-electron chi connectivity index (χ2n) is 6.49. The second-order valence-corrected chi connectivity index (χ2v) is 6.49. The first kappa shape index (κ1) is 18.7. The van der Waals surface area contributed by atoms with Gasteiger partial charge in [0.1, 0.15) is 5.82 Å². The van der Waals surface area contributed by atoms with Crippen molar-refractivity contribution in [3.63, 3.8) is 0 Å². The van der Waals surface area contributed by atoms with Crippen LogP contribution in [-0.4, -0.2) is 50.6 Å². The molecule has 24 heavy (non-hydrogen) atoms. The Bertz CT molecular complexity index is 536. The largest absolute Gasteiger partial charge is 0.356 e. The molecule has 0 atom stereocenters. The van der Waals surface area contributed by atoms with Crippen molar-refractivity contribution in [3.8, 4) is 0 Å². The lowest BCUT2D eigenvalue weighted by molar-refractivity contribution is 0.300. The molecule has 1 aliphatic carbocycles. The molecule has 4 nitrogen and oxygen atoms in total. The number of hydrogen-bond donors (Lipinski definition) is 2. The Morgan fingerprint density at radius 1 is 1.21 bits per heavy atom. The van der Waals surface area contributed by atoms with Crippen LogP contribution in [0.2, 0.25) is 0 Å². The number of guanidine groups is 1. The molecule has 0 saturated heterocycles. The second kappa shape index (κ2) is 9.02. The molecule has 1 fully saturated rings. The number of hydrogen-bond acceptors (Lipinski definition) is 2. The van der Waals surface area contributed by atoms with Gasteiger partial charge in [0.15, 0.2) is 5.96 Å². The van der Waals surface area contributed by atoms with Gasteiger partial charge < -0.3 is 15.5 Å². The molecule has 1 aromatic carbocycles. The first-order chi connectivity index (χ1) is 11.6. The minimum Gasteiger partial charge on any atom is -0.356 e. The fourth-order valence-electron chi connectivity index (χ4n) is 3.11. The highest BCUT2D eigenvalue weighted by molar-refractivity contribution is 5.79. The zero-order chi connectivity index (χ0) is 17.4. The van der Waals surface area contributed by atoms with E-state index in [-0.39, 0.29) is 11.2 Å². The summed E-state index contributed by atoms with van der Waals surface area (Å²) in [5, 5.41) is 6.73. The monoisotopic (exact) mass is 334 g/mol. The Balaban J connectivity index is 1.77. The van der Waals surface area contributed by atoms with E-state index in [0.717, 1.165) is 63.5 Å². The number of nitrogens with one attached hydrogen (secondary N) is 2. The van der Waals surface area contributed by atoms with Crippen molar-refractivity contribution in [2.45, 2.75) is 38.5 Å². The molecule has 1 saturated carbocycles. The van der Waals surface area contributed by atoms with Crippen LogP contribution < -0.4 is 10.6 Å². The number of rotatable bonds is 9. The summed E-state index contributed by atoms with van der Waals surface area (Å²) in [7, 11) is 1.78. The summed E-state index contributed by atoms with van der Waals surface area (Å²) < 4.78 is 14.0. The molecule has 0 bridgehead atoms. The van der Waals surface area contributed by atoms with Crippen LogP contribution in [0.15, 0.2) is 29.3 Å². The highest BCUT2D eigenvalue weighted by atomic mass is 19.1. The van der Waals surface area contributed by atoms with Crippen LogP contribution in [0.4, 0.5) is 4.39 Å². The molecule has 0 amide bonds.